The molecule has 21 heavy (non-hydrogen) atoms. The second-order valence-corrected chi connectivity index (χ2v) is 7.10. The standard InChI is InChI=1S/C15H21Cl2N3O/c1-15(2,3)20-6-4-19(5-7-20)14(21)10-8-11(16)13(17)12(18)9-10/h8-9H,4-7,18H2,1-3H3. The highest BCUT2D eigenvalue weighted by molar-refractivity contribution is 6.43. The normalized spacial score (nSPS) is 17.1. The van der Waals surface area contributed by atoms with Crippen molar-refractivity contribution < 1.29 is 4.79 Å². The van der Waals surface area contributed by atoms with Gasteiger partial charge in [0, 0.05) is 37.3 Å². The summed E-state index contributed by atoms with van der Waals surface area (Å²) >= 11 is 11.9. The van der Waals surface area contributed by atoms with E-state index >= 15 is 0 Å². The zero-order chi connectivity index (χ0) is 15.8. The van der Waals surface area contributed by atoms with E-state index in [1.807, 2.05) is 4.90 Å². The number of carbonyl (C=O) groups is 1. The Balaban J connectivity index is 2.09. The van der Waals surface area contributed by atoms with E-state index in [1.165, 1.54) is 0 Å². The number of benzene rings is 1. The first-order valence-corrected chi connectivity index (χ1v) is 7.74. The molecule has 0 aliphatic carbocycles. The average Bonchev–Trinajstić information content (AvgIpc) is 2.42. The largest absolute Gasteiger partial charge is 0.397 e. The van der Waals surface area contributed by atoms with Crippen molar-refractivity contribution in [2.24, 2.45) is 0 Å². The minimum Gasteiger partial charge on any atom is -0.397 e. The second-order valence-electron chi connectivity index (χ2n) is 6.31. The summed E-state index contributed by atoms with van der Waals surface area (Å²) in [7, 11) is 0. The molecular weight excluding hydrogens is 309 g/mol. The molecule has 2 N–H and O–H groups in total. The molecule has 0 unspecified atom stereocenters. The fourth-order valence-corrected chi connectivity index (χ4v) is 2.83. The van der Waals surface area contributed by atoms with Crippen LogP contribution in [0.1, 0.15) is 31.1 Å². The summed E-state index contributed by atoms with van der Waals surface area (Å²) in [6.07, 6.45) is 0. The third-order valence-corrected chi connectivity index (χ3v) is 4.64. The Kier molecular flexibility index (Phi) is 4.71. The Morgan fingerprint density at radius 1 is 1.14 bits per heavy atom. The number of hydrogen-bond donors (Lipinski definition) is 1. The SMILES string of the molecule is CC(C)(C)N1CCN(C(=O)c2cc(N)c(Cl)c(Cl)c2)CC1. The highest BCUT2D eigenvalue weighted by Gasteiger charge is 2.28. The number of rotatable bonds is 1. The number of nitrogens with zero attached hydrogens (tertiary/aromatic N) is 2. The van der Waals surface area contributed by atoms with Crippen LogP contribution >= 0.6 is 23.2 Å². The molecule has 4 nitrogen and oxygen atoms in total. The van der Waals surface area contributed by atoms with Crippen LogP contribution in [0.5, 0.6) is 0 Å². The first-order chi connectivity index (χ1) is 9.70. The van der Waals surface area contributed by atoms with Crippen molar-refractivity contribution in [1.29, 1.82) is 0 Å². The molecular formula is C15H21Cl2N3O. The highest BCUT2D eigenvalue weighted by atomic mass is 35.5. The Hall–Kier alpha value is -0.970. The molecule has 1 amide bonds. The molecule has 1 aromatic rings. The van der Waals surface area contributed by atoms with Gasteiger partial charge in [-0.15, -0.1) is 0 Å². The maximum absolute atomic E-state index is 12.5. The van der Waals surface area contributed by atoms with E-state index < -0.39 is 0 Å². The van der Waals surface area contributed by atoms with E-state index in [1.54, 1.807) is 12.1 Å². The molecule has 1 fully saturated rings. The van der Waals surface area contributed by atoms with Crippen LogP contribution in [0.25, 0.3) is 0 Å². The molecule has 0 bridgehead atoms. The third kappa shape index (κ3) is 3.62. The van der Waals surface area contributed by atoms with Crippen LogP contribution in [0.15, 0.2) is 12.1 Å². The minimum absolute atomic E-state index is 0.0474. The van der Waals surface area contributed by atoms with Gasteiger partial charge in [-0.25, -0.2) is 0 Å². The molecule has 0 atom stereocenters. The van der Waals surface area contributed by atoms with E-state index in [9.17, 15) is 4.79 Å². The minimum atomic E-state index is -0.0474. The monoisotopic (exact) mass is 329 g/mol. The van der Waals surface area contributed by atoms with E-state index in [-0.39, 0.29) is 11.4 Å². The zero-order valence-corrected chi connectivity index (χ0v) is 14.1. The van der Waals surface area contributed by atoms with Gasteiger partial charge < -0.3 is 10.6 Å². The van der Waals surface area contributed by atoms with Crippen molar-refractivity contribution in [2.45, 2.75) is 26.3 Å². The Morgan fingerprint density at radius 3 is 2.19 bits per heavy atom. The summed E-state index contributed by atoms with van der Waals surface area (Å²) in [5.41, 5.74) is 6.73. The smallest absolute Gasteiger partial charge is 0.254 e. The van der Waals surface area contributed by atoms with Crippen molar-refractivity contribution in [2.75, 3.05) is 31.9 Å². The van der Waals surface area contributed by atoms with Gasteiger partial charge in [0.25, 0.3) is 5.91 Å². The summed E-state index contributed by atoms with van der Waals surface area (Å²) in [4.78, 5) is 16.7. The molecule has 1 heterocycles. The van der Waals surface area contributed by atoms with Gasteiger partial charge in [-0.3, -0.25) is 9.69 Å². The van der Waals surface area contributed by atoms with Gasteiger partial charge in [-0.05, 0) is 32.9 Å². The van der Waals surface area contributed by atoms with Gasteiger partial charge in [0.15, 0.2) is 0 Å². The first-order valence-electron chi connectivity index (χ1n) is 6.99. The van der Waals surface area contributed by atoms with Gasteiger partial charge in [0.2, 0.25) is 0 Å². The quantitative estimate of drug-likeness (QED) is 0.805. The number of anilines is 1. The molecule has 1 saturated heterocycles. The Morgan fingerprint density at radius 2 is 1.71 bits per heavy atom. The molecule has 116 valence electrons. The van der Waals surface area contributed by atoms with Crippen molar-refractivity contribution >= 4 is 34.8 Å². The van der Waals surface area contributed by atoms with Crippen LogP contribution < -0.4 is 5.73 Å². The molecule has 6 heteroatoms. The second kappa shape index (κ2) is 6.03. The molecule has 1 aliphatic rings. The van der Waals surface area contributed by atoms with E-state index in [2.05, 4.69) is 25.7 Å². The molecule has 0 spiro atoms. The number of nitrogens with two attached hydrogens (primary N) is 1. The van der Waals surface area contributed by atoms with Crippen LogP contribution in [0.2, 0.25) is 10.0 Å². The zero-order valence-electron chi connectivity index (χ0n) is 12.6. The van der Waals surface area contributed by atoms with Crippen molar-refractivity contribution in [3.05, 3.63) is 27.7 Å². The number of halogens is 2. The Labute approximate surface area is 135 Å². The van der Waals surface area contributed by atoms with E-state index in [0.717, 1.165) is 13.1 Å². The lowest BCUT2D eigenvalue weighted by atomic mass is 10.0. The lowest BCUT2D eigenvalue weighted by Crippen LogP contribution is -2.54. The van der Waals surface area contributed by atoms with Crippen molar-refractivity contribution in [3.63, 3.8) is 0 Å². The lowest BCUT2D eigenvalue weighted by molar-refractivity contribution is 0.0451. The first kappa shape index (κ1) is 16.4. The van der Waals surface area contributed by atoms with Crippen LogP contribution in [-0.2, 0) is 0 Å². The van der Waals surface area contributed by atoms with Crippen LogP contribution in [0.4, 0.5) is 5.69 Å². The summed E-state index contributed by atoms with van der Waals surface area (Å²) < 4.78 is 0. The fraction of sp³-hybridized carbons (Fsp3) is 0.533. The van der Waals surface area contributed by atoms with Crippen LogP contribution in [-0.4, -0.2) is 47.4 Å². The average molecular weight is 330 g/mol. The molecule has 0 radical (unpaired) electrons. The molecule has 0 aromatic heterocycles. The van der Waals surface area contributed by atoms with Crippen LogP contribution in [0.3, 0.4) is 0 Å². The number of nitrogen functional groups attached to an aromatic ring is 1. The number of piperazine rings is 1. The third-order valence-electron chi connectivity index (χ3n) is 3.82. The predicted octanol–water partition coefficient (Wildman–Crippen LogP) is 3.13. The Bertz CT molecular complexity index is 523. The van der Waals surface area contributed by atoms with E-state index in [0.29, 0.717) is 34.4 Å². The molecule has 1 aliphatic heterocycles. The maximum atomic E-state index is 12.5. The lowest BCUT2D eigenvalue weighted by Gasteiger charge is -2.42. The molecule has 1 aromatic carbocycles. The number of amides is 1. The summed E-state index contributed by atoms with van der Waals surface area (Å²) in [6, 6.07) is 3.17. The fourth-order valence-electron chi connectivity index (χ4n) is 2.50. The highest BCUT2D eigenvalue weighted by Crippen LogP contribution is 2.30. The van der Waals surface area contributed by atoms with E-state index in [4.69, 9.17) is 28.9 Å². The number of hydrogen-bond acceptors (Lipinski definition) is 3. The predicted molar refractivity (Wildman–Crippen MR) is 88.1 cm³/mol. The maximum Gasteiger partial charge on any atom is 0.254 e. The van der Waals surface area contributed by atoms with Gasteiger partial charge >= 0.3 is 0 Å². The summed E-state index contributed by atoms with van der Waals surface area (Å²) in [5.74, 6) is -0.0474. The van der Waals surface area contributed by atoms with Crippen molar-refractivity contribution in [1.82, 2.24) is 9.80 Å². The summed E-state index contributed by atoms with van der Waals surface area (Å²) in [5, 5.41) is 0.610. The van der Waals surface area contributed by atoms with Crippen molar-refractivity contribution in [3.8, 4) is 0 Å². The summed E-state index contributed by atoms with van der Waals surface area (Å²) in [6.45, 7) is 9.70. The van der Waals surface area contributed by atoms with Crippen LogP contribution in [0, 0.1) is 0 Å². The topological polar surface area (TPSA) is 49.6 Å². The van der Waals surface area contributed by atoms with Gasteiger partial charge in [0.1, 0.15) is 0 Å². The van der Waals surface area contributed by atoms with Gasteiger partial charge in [-0.1, -0.05) is 23.2 Å². The van der Waals surface area contributed by atoms with Gasteiger partial charge in [0.05, 0.1) is 15.7 Å². The number of carbonyl (C=O) groups excluding carboxylic acids is 1. The van der Waals surface area contributed by atoms with Gasteiger partial charge in [-0.2, -0.15) is 0 Å². The molecule has 0 saturated carbocycles. The molecule has 2 rings (SSSR count).